The zero-order valence-corrected chi connectivity index (χ0v) is 34.2. The third-order valence-electron chi connectivity index (χ3n) is 9.26. The van der Waals surface area contributed by atoms with Crippen LogP contribution in [0.1, 0.15) is 126 Å². The molecule has 302 valence electrons. The van der Waals surface area contributed by atoms with Crippen molar-refractivity contribution in [1.29, 1.82) is 0 Å². The second-order valence-electron chi connectivity index (χ2n) is 15.2. The molecule has 56 heavy (non-hydrogen) atoms. The molecule has 0 bridgehead atoms. The molecule has 0 saturated carbocycles. The number of anilines is 6. The monoisotopic (exact) mass is 767 g/mol. The minimum absolute atomic E-state index is 0.156. The number of carbonyl (C=O) groups is 2. The number of amides is 1. The lowest BCUT2D eigenvalue weighted by Crippen LogP contribution is -2.40. The minimum atomic E-state index is -0.351. The Morgan fingerprint density at radius 3 is 1.50 bits per heavy atom. The fourth-order valence-electron chi connectivity index (χ4n) is 5.75. The number of nitrogens with one attached hydrogen (secondary N) is 4. The molecule has 12 nitrogen and oxygen atoms in total. The molecule has 4 N–H and O–H groups in total. The number of rotatable bonds is 23. The first-order valence-electron chi connectivity index (χ1n) is 20.1. The number of carbonyl (C=O) groups excluding carboxylic acids is 2. The average Bonchev–Trinajstić information content (AvgIpc) is 3.18. The molecule has 0 fully saturated rings. The van der Waals surface area contributed by atoms with Crippen LogP contribution in [-0.4, -0.2) is 45.6 Å². The quantitative estimate of drug-likeness (QED) is 0.0247. The molecule has 0 spiro atoms. The van der Waals surface area contributed by atoms with Crippen molar-refractivity contribution in [3.05, 3.63) is 89.5 Å². The molecule has 0 radical (unpaired) electrons. The molecule has 3 aromatic carbocycles. The van der Waals surface area contributed by atoms with Crippen molar-refractivity contribution in [1.82, 2.24) is 20.3 Å². The lowest BCUT2D eigenvalue weighted by molar-refractivity contribution is -0.310. The third kappa shape index (κ3) is 15.2. The summed E-state index contributed by atoms with van der Waals surface area (Å²) in [7, 11) is 0. The van der Waals surface area contributed by atoms with Crippen LogP contribution in [-0.2, 0) is 21.1 Å². The Morgan fingerprint density at radius 1 is 0.607 bits per heavy atom. The Kier molecular flexibility index (Phi) is 17.5. The van der Waals surface area contributed by atoms with Crippen molar-refractivity contribution < 1.29 is 24.1 Å². The van der Waals surface area contributed by atoms with E-state index < -0.39 is 0 Å². The summed E-state index contributed by atoms with van der Waals surface area (Å²) >= 11 is 0. The van der Waals surface area contributed by atoms with Gasteiger partial charge in [-0.25, -0.2) is 14.6 Å². The highest BCUT2D eigenvalue weighted by molar-refractivity contribution is 5.95. The molecule has 2 atom stereocenters. The first-order valence-corrected chi connectivity index (χ1v) is 20.1. The van der Waals surface area contributed by atoms with Gasteiger partial charge in [-0.1, -0.05) is 78.4 Å². The molecular weight excluding hydrogens is 707 g/mol. The molecule has 0 aliphatic carbocycles. The maximum absolute atomic E-state index is 12.8. The number of benzene rings is 3. The van der Waals surface area contributed by atoms with E-state index in [1.807, 2.05) is 45.0 Å². The summed E-state index contributed by atoms with van der Waals surface area (Å²) in [5.74, 6) is 1.21. The molecule has 1 amide bonds. The van der Waals surface area contributed by atoms with E-state index in [9.17, 15) is 9.59 Å². The van der Waals surface area contributed by atoms with Crippen LogP contribution in [0.2, 0.25) is 0 Å². The largest absolute Gasteiger partial charge is 0.462 e. The van der Waals surface area contributed by atoms with Gasteiger partial charge in [0.1, 0.15) is 6.61 Å². The maximum atomic E-state index is 12.8. The number of nitrogens with zero attached hydrogens (tertiary/aromatic N) is 3. The van der Waals surface area contributed by atoms with Crippen molar-refractivity contribution in [2.45, 2.75) is 112 Å². The summed E-state index contributed by atoms with van der Waals surface area (Å²) in [5.41, 5.74) is 3.75. The van der Waals surface area contributed by atoms with Gasteiger partial charge in [0.15, 0.2) is 0 Å². The van der Waals surface area contributed by atoms with E-state index in [1.165, 1.54) is 12.8 Å². The Hall–Kier alpha value is -5.07. The minimum Gasteiger partial charge on any atom is -0.462 e. The second-order valence-corrected chi connectivity index (χ2v) is 15.2. The van der Waals surface area contributed by atoms with Gasteiger partial charge in [-0.2, -0.15) is 15.0 Å². The molecule has 1 aromatic heterocycles. The van der Waals surface area contributed by atoms with Crippen LogP contribution in [0, 0.1) is 11.8 Å². The van der Waals surface area contributed by atoms with Gasteiger partial charge in [-0.05, 0) is 112 Å². The number of aromatic nitrogens is 3. The van der Waals surface area contributed by atoms with Crippen molar-refractivity contribution in [3.63, 3.8) is 0 Å². The molecular formula is C44H61N7O5. The number of ether oxygens (including phenoxy) is 1. The lowest BCUT2D eigenvalue weighted by Gasteiger charge is -2.20. The van der Waals surface area contributed by atoms with Crippen LogP contribution in [0.25, 0.3) is 0 Å². The average molecular weight is 768 g/mol. The smallest absolute Gasteiger partial charge is 0.338 e. The van der Waals surface area contributed by atoms with Crippen LogP contribution in [0.4, 0.5) is 34.9 Å². The standard InChI is InChI=1S/C44H61N7O5/c1-8-12-14-31(10-3)28-54-40(53)35-20-26-38(27-21-35)47-43-49-41(45-36-22-16-33(17-23-36)30-56-55-29-32(11-4)15-13-9-2)48-42(50-43)46-37-24-18-34(19-25-37)39(52)51-44(5,6)7/h16-27,31-32H,8-15,28-30H2,1-7H3,(H,51,52)(H3,45,46,47,48,49,50). The summed E-state index contributed by atoms with van der Waals surface area (Å²) in [6.07, 6.45) is 8.87. The lowest BCUT2D eigenvalue weighted by atomic mass is 10.0. The SMILES string of the molecule is CCCCC(CC)COOCc1ccc(Nc2nc(Nc3ccc(C(=O)NC(C)(C)C)cc3)nc(Nc3ccc(C(=O)OCC(CC)CCCC)cc3)n2)cc1. The summed E-state index contributed by atoms with van der Waals surface area (Å²) in [5, 5.41) is 12.7. The predicted molar refractivity (Wildman–Crippen MR) is 224 cm³/mol. The Morgan fingerprint density at radius 2 is 1.05 bits per heavy atom. The van der Waals surface area contributed by atoms with Crippen molar-refractivity contribution >= 4 is 46.8 Å². The van der Waals surface area contributed by atoms with Crippen LogP contribution >= 0.6 is 0 Å². The number of hydrogen-bond donors (Lipinski definition) is 4. The van der Waals surface area contributed by atoms with E-state index in [4.69, 9.17) is 14.5 Å². The molecule has 0 aliphatic rings. The van der Waals surface area contributed by atoms with Gasteiger partial charge in [0, 0.05) is 28.2 Å². The highest BCUT2D eigenvalue weighted by Crippen LogP contribution is 2.23. The highest BCUT2D eigenvalue weighted by Gasteiger charge is 2.16. The van der Waals surface area contributed by atoms with E-state index in [0.29, 0.717) is 60.1 Å². The fraction of sp³-hybridized carbons (Fsp3) is 0.477. The summed E-state index contributed by atoms with van der Waals surface area (Å²) in [4.78, 5) is 50.4. The molecule has 12 heteroatoms. The van der Waals surface area contributed by atoms with Crippen LogP contribution < -0.4 is 21.3 Å². The normalized spacial score (nSPS) is 12.4. The van der Waals surface area contributed by atoms with Crippen molar-refractivity contribution in [2.24, 2.45) is 11.8 Å². The molecule has 4 aromatic rings. The van der Waals surface area contributed by atoms with Crippen molar-refractivity contribution in [3.8, 4) is 0 Å². The summed E-state index contributed by atoms with van der Waals surface area (Å²) < 4.78 is 5.63. The van der Waals surface area contributed by atoms with Crippen LogP contribution in [0.5, 0.6) is 0 Å². The van der Waals surface area contributed by atoms with E-state index in [-0.39, 0.29) is 29.3 Å². The van der Waals surface area contributed by atoms with Crippen molar-refractivity contribution in [2.75, 3.05) is 29.2 Å². The zero-order valence-electron chi connectivity index (χ0n) is 34.2. The van der Waals surface area contributed by atoms with E-state index in [0.717, 1.165) is 49.8 Å². The molecule has 4 rings (SSSR count). The van der Waals surface area contributed by atoms with Gasteiger partial charge in [-0.15, -0.1) is 0 Å². The molecule has 1 heterocycles. The zero-order chi connectivity index (χ0) is 40.3. The first-order chi connectivity index (χ1) is 27.0. The highest BCUT2D eigenvalue weighted by atomic mass is 17.2. The Bertz CT molecular complexity index is 1780. The van der Waals surface area contributed by atoms with E-state index >= 15 is 0 Å². The summed E-state index contributed by atoms with van der Waals surface area (Å²) in [6.45, 7) is 15.8. The number of esters is 1. The van der Waals surface area contributed by atoms with Gasteiger partial charge in [0.25, 0.3) is 5.91 Å². The molecule has 2 unspecified atom stereocenters. The first kappa shape index (κ1) is 43.7. The third-order valence-corrected chi connectivity index (χ3v) is 9.26. The van der Waals surface area contributed by atoms with Crippen LogP contribution in [0.15, 0.2) is 72.8 Å². The summed E-state index contributed by atoms with van der Waals surface area (Å²) in [6, 6.07) is 21.8. The topological polar surface area (TPSA) is 149 Å². The van der Waals surface area contributed by atoms with Gasteiger partial charge >= 0.3 is 5.97 Å². The fourth-order valence-corrected chi connectivity index (χ4v) is 5.75. The van der Waals surface area contributed by atoms with Gasteiger partial charge in [0.05, 0.1) is 18.8 Å². The Balaban J connectivity index is 1.46. The molecule has 0 aliphatic heterocycles. The van der Waals surface area contributed by atoms with E-state index in [1.54, 1.807) is 48.5 Å². The molecule has 0 saturated heterocycles. The second kappa shape index (κ2) is 22.5. The van der Waals surface area contributed by atoms with Gasteiger partial charge in [0.2, 0.25) is 17.8 Å². The number of hydrogen-bond acceptors (Lipinski definition) is 11. The maximum Gasteiger partial charge on any atom is 0.338 e. The van der Waals surface area contributed by atoms with E-state index in [2.05, 4.69) is 63.9 Å². The van der Waals surface area contributed by atoms with Gasteiger partial charge < -0.3 is 26.0 Å². The number of unbranched alkanes of at least 4 members (excludes halogenated alkanes) is 2. The Labute approximate surface area is 332 Å². The van der Waals surface area contributed by atoms with Crippen LogP contribution in [0.3, 0.4) is 0 Å². The van der Waals surface area contributed by atoms with Gasteiger partial charge in [-0.3, -0.25) is 4.79 Å². The predicted octanol–water partition coefficient (Wildman–Crippen LogP) is 10.7.